The molecule has 0 radical (unpaired) electrons. The summed E-state index contributed by atoms with van der Waals surface area (Å²) in [6.07, 6.45) is 0.513. The summed E-state index contributed by atoms with van der Waals surface area (Å²) in [6, 6.07) is 5.24. The molecule has 1 heterocycles. The van der Waals surface area contributed by atoms with Crippen molar-refractivity contribution in [3.63, 3.8) is 0 Å². The van der Waals surface area contributed by atoms with Gasteiger partial charge in [0.15, 0.2) is 9.84 Å². The number of rotatable bonds is 2. The molecule has 1 amide bonds. The fraction of sp³-hybridized carbons (Fsp3) is 0.462. The van der Waals surface area contributed by atoms with Gasteiger partial charge in [0.25, 0.3) is 5.91 Å². The first kappa shape index (κ1) is 13.1. The van der Waals surface area contributed by atoms with Crippen LogP contribution in [0.25, 0.3) is 0 Å². The first-order valence-corrected chi connectivity index (χ1v) is 7.78. The molecule has 1 N–H and O–H groups in total. The Morgan fingerprint density at radius 3 is 2.56 bits per heavy atom. The van der Waals surface area contributed by atoms with E-state index in [1.54, 1.807) is 6.07 Å². The van der Waals surface area contributed by atoms with E-state index in [4.69, 9.17) is 0 Å². The molecule has 0 spiro atoms. The Bertz CT molecular complexity index is 578. The minimum absolute atomic E-state index is 0.0591. The van der Waals surface area contributed by atoms with Crippen LogP contribution >= 0.6 is 0 Å². The summed E-state index contributed by atoms with van der Waals surface area (Å²) in [5.74, 6) is 0.0364. The second-order valence-corrected chi connectivity index (χ2v) is 7.10. The maximum Gasteiger partial charge on any atom is 0.251 e. The Hall–Kier alpha value is -1.36. The van der Waals surface area contributed by atoms with E-state index in [0.717, 1.165) is 11.1 Å². The van der Waals surface area contributed by atoms with Crippen LogP contribution in [0.4, 0.5) is 0 Å². The Kier molecular flexibility index (Phi) is 3.43. The second-order valence-electron chi connectivity index (χ2n) is 4.87. The van der Waals surface area contributed by atoms with E-state index in [1.807, 2.05) is 26.0 Å². The van der Waals surface area contributed by atoms with E-state index in [-0.39, 0.29) is 23.5 Å². The summed E-state index contributed by atoms with van der Waals surface area (Å²) in [5.41, 5.74) is 2.78. The van der Waals surface area contributed by atoms with Crippen molar-refractivity contribution in [2.75, 3.05) is 11.5 Å². The van der Waals surface area contributed by atoms with Crippen molar-refractivity contribution in [2.45, 2.75) is 26.3 Å². The quantitative estimate of drug-likeness (QED) is 0.876. The monoisotopic (exact) mass is 267 g/mol. The molecule has 18 heavy (non-hydrogen) atoms. The zero-order valence-electron chi connectivity index (χ0n) is 10.6. The molecule has 0 bridgehead atoms. The molecule has 1 aliphatic rings. The molecular weight excluding hydrogens is 250 g/mol. The van der Waals surface area contributed by atoms with Crippen molar-refractivity contribution in [1.29, 1.82) is 0 Å². The zero-order valence-corrected chi connectivity index (χ0v) is 11.4. The van der Waals surface area contributed by atoms with Crippen LogP contribution in [0.1, 0.15) is 27.9 Å². The van der Waals surface area contributed by atoms with Crippen LogP contribution in [-0.2, 0) is 9.84 Å². The normalized spacial score (nSPS) is 21.8. The fourth-order valence-corrected chi connectivity index (χ4v) is 3.73. The van der Waals surface area contributed by atoms with Gasteiger partial charge < -0.3 is 5.32 Å². The standard InChI is InChI=1S/C13H17NO3S/c1-9-3-4-11(7-10(9)2)13(15)14-12-5-6-18(16,17)8-12/h3-4,7,12H,5-6,8H2,1-2H3,(H,14,15). The number of hydrogen-bond acceptors (Lipinski definition) is 3. The van der Waals surface area contributed by atoms with Crippen LogP contribution in [-0.4, -0.2) is 31.9 Å². The molecule has 1 fully saturated rings. The van der Waals surface area contributed by atoms with Gasteiger partial charge in [-0.25, -0.2) is 8.42 Å². The lowest BCUT2D eigenvalue weighted by atomic mass is 10.1. The van der Waals surface area contributed by atoms with Crippen LogP contribution in [0.15, 0.2) is 18.2 Å². The predicted octanol–water partition coefficient (Wildman–Crippen LogP) is 1.22. The van der Waals surface area contributed by atoms with Crippen LogP contribution in [0, 0.1) is 13.8 Å². The first-order chi connectivity index (χ1) is 8.37. The number of aryl methyl sites for hydroxylation is 2. The van der Waals surface area contributed by atoms with Crippen LogP contribution in [0.5, 0.6) is 0 Å². The van der Waals surface area contributed by atoms with E-state index in [9.17, 15) is 13.2 Å². The van der Waals surface area contributed by atoms with Crippen LogP contribution < -0.4 is 5.32 Å². The maximum atomic E-state index is 12.0. The lowest BCUT2D eigenvalue weighted by molar-refractivity contribution is 0.0941. The van der Waals surface area contributed by atoms with Crippen molar-refractivity contribution in [3.05, 3.63) is 34.9 Å². The molecule has 0 aliphatic carbocycles. The van der Waals surface area contributed by atoms with E-state index in [2.05, 4.69) is 5.32 Å². The molecule has 1 aromatic rings. The smallest absolute Gasteiger partial charge is 0.251 e. The average Bonchev–Trinajstić information content (AvgIpc) is 2.62. The summed E-state index contributed by atoms with van der Waals surface area (Å²) in [6.45, 7) is 3.94. The molecule has 1 atom stereocenters. The number of hydrogen-bond donors (Lipinski definition) is 1. The number of amides is 1. The van der Waals surface area contributed by atoms with Gasteiger partial charge in [0.2, 0.25) is 0 Å². The highest BCUT2D eigenvalue weighted by Gasteiger charge is 2.29. The van der Waals surface area contributed by atoms with E-state index < -0.39 is 9.84 Å². The van der Waals surface area contributed by atoms with Crippen molar-refractivity contribution in [1.82, 2.24) is 5.32 Å². The van der Waals surface area contributed by atoms with Crippen molar-refractivity contribution >= 4 is 15.7 Å². The number of carbonyl (C=O) groups is 1. The third kappa shape index (κ3) is 2.90. The average molecular weight is 267 g/mol. The molecular formula is C13H17NO3S. The second kappa shape index (κ2) is 4.72. The van der Waals surface area contributed by atoms with Gasteiger partial charge in [0.1, 0.15) is 0 Å². The lowest BCUT2D eigenvalue weighted by Gasteiger charge is -2.11. The van der Waals surface area contributed by atoms with Gasteiger partial charge in [-0.1, -0.05) is 6.07 Å². The first-order valence-electron chi connectivity index (χ1n) is 5.96. The molecule has 0 saturated carbocycles. The molecule has 98 valence electrons. The van der Waals surface area contributed by atoms with Crippen LogP contribution in [0.3, 0.4) is 0 Å². The maximum absolute atomic E-state index is 12.0. The van der Waals surface area contributed by atoms with Gasteiger partial charge in [-0.2, -0.15) is 0 Å². The third-order valence-electron chi connectivity index (χ3n) is 3.34. The molecule has 2 rings (SSSR count). The van der Waals surface area contributed by atoms with Gasteiger partial charge in [0, 0.05) is 11.6 Å². The van der Waals surface area contributed by atoms with Gasteiger partial charge in [-0.15, -0.1) is 0 Å². The summed E-state index contributed by atoms with van der Waals surface area (Å²) in [5, 5.41) is 2.78. The molecule has 0 aromatic heterocycles. The molecule has 1 unspecified atom stereocenters. The number of sulfone groups is 1. The summed E-state index contributed by atoms with van der Waals surface area (Å²) >= 11 is 0. The van der Waals surface area contributed by atoms with Crippen LogP contribution in [0.2, 0.25) is 0 Å². The summed E-state index contributed by atoms with van der Waals surface area (Å²) < 4.78 is 22.6. The topological polar surface area (TPSA) is 63.2 Å². The van der Waals surface area contributed by atoms with Crippen molar-refractivity contribution < 1.29 is 13.2 Å². The Morgan fingerprint density at radius 1 is 1.28 bits per heavy atom. The number of nitrogens with one attached hydrogen (secondary N) is 1. The largest absolute Gasteiger partial charge is 0.348 e. The summed E-state index contributed by atoms with van der Waals surface area (Å²) in [4.78, 5) is 12.0. The van der Waals surface area contributed by atoms with Gasteiger partial charge in [-0.05, 0) is 43.5 Å². The third-order valence-corrected chi connectivity index (χ3v) is 5.10. The molecule has 5 heteroatoms. The van der Waals surface area contributed by atoms with Crippen molar-refractivity contribution in [3.8, 4) is 0 Å². The van der Waals surface area contributed by atoms with E-state index >= 15 is 0 Å². The lowest BCUT2D eigenvalue weighted by Crippen LogP contribution is -2.35. The number of benzene rings is 1. The summed E-state index contributed by atoms with van der Waals surface area (Å²) in [7, 11) is -2.95. The molecule has 4 nitrogen and oxygen atoms in total. The predicted molar refractivity (Wildman–Crippen MR) is 70.4 cm³/mol. The zero-order chi connectivity index (χ0) is 13.3. The molecule has 1 saturated heterocycles. The van der Waals surface area contributed by atoms with E-state index in [0.29, 0.717) is 12.0 Å². The molecule has 1 aliphatic heterocycles. The van der Waals surface area contributed by atoms with Gasteiger partial charge >= 0.3 is 0 Å². The van der Waals surface area contributed by atoms with Crippen molar-refractivity contribution in [2.24, 2.45) is 0 Å². The Morgan fingerprint density at radius 2 is 2.00 bits per heavy atom. The highest BCUT2D eigenvalue weighted by atomic mass is 32.2. The van der Waals surface area contributed by atoms with Gasteiger partial charge in [-0.3, -0.25) is 4.79 Å². The minimum Gasteiger partial charge on any atom is -0.348 e. The van der Waals surface area contributed by atoms with E-state index in [1.165, 1.54) is 0 Å². The highest BCUT2D eigenvalue weighted by Crippen LogP contribution is 2.13. The Labute approximate surface area is 107 Å². The minimum atomic E-state index is -2.95. The molecule has 1 aromatic carbocycles. The number of carbonyl (C=O) groups excluding carboxylic acids is 1. The Balaban J connectivity index is 2.06. The van der Waals surface area contributed by atoms with Gasteiger partial charge in [0.05, 0.1) is 11.5 Å². The fourth-order valence-electron chi connectivity index (χ4n) is 2.06. The SMILES string of the molecule is Cc1ccc(C(=O)NC2CCS(=O)(=O)C2)cc1C. The highest BCUT2D eigenvalue weighted by molar-refractivity contribution is 7.91.